The van der Waals surface area contributed by atoms with Gasteiger partial charge in [-0.05, 0) is 37.5 Å². The van der Waals surface area contributed by atoms with Crippen molar-refractivity contribution in [3.8, 4) is 0 Å². The molecule has 2 N–H and O–H groups in total. The minimum atomic E-state index is -0.742. The standard InChI is InChI=1S/C15H22N2OS/c1-5-15(6-2,13(16)19)14(18)17(4)12-9-7-8-11(3)10-12/h7-10H,5-6H2,1-4H3,(H2,16,19). The van der Waals surface area contributed by atoms with E-state index in [2.05, 4.69) is 0 Å². The molecule has 4 heteroatoms. The van der Waals surface area contributed by atoms with Gasteiger partial charge in [0.25, 0.3) is 0 Å². The number of nitrogens with two attached hydrogens (primary N) is 1. The molecule has 1 aromatic rings. The number of aryl methyl sites for hydroxylation is 1. The Morgan fingerprint density at radius 3 is 2.37 bits per heavy atom. The van der Waals surface area contributed by atoms with E-state index in [1.54, 1.807) is 11.9 Å². The lowest BCUT2D eigenvalue weighted by Gasteiger charge is -2.33. The molecule has 0 fully saturated rings. The van der Waals surface area contributed by atoms with Gasteiger partial charge in [-0.25, -0.2) is 0 Å². The van der Waals surface area contributed by atoms with Crippen LogP contribution >= 0.6 is 12.2 Å². The van der Waals surface area contributed by atoms with Gasteiger partial charge in [-0.15, -0.1) is 0 Å². The zero-order valence-corrected chi connectivity index (χ0v) is 12.9. The molecule has 1 aromatic carbocycles. The third-order valence-electron chi connectivity index (χ3n) is 3.78. The van der Waals surface area contributed by atoms with Gasteiger partial charge in [0.05, 0.1) is 10.4 Å². The Balaban J connectivity index is 3.14. The van der Waals surface area contributed by atoms with Crippen molar-refractivity contribution in [3.05, 3.63) is 29.8 Å². The van der Waals surface area contributed by atoms with E-state index in [-0.39, 0.29) is 10.9 Å². The smallest absolute Gasteiger partial charge is 0.239 e. The lowest BCUT2D eigenvalue weighted by atomic mass is 9.80. The predicted octanol–water partition coefficient (Wildman–Crippen LogP) is 3.05. The van der Waals surface area contributed by atoms with Crippen LogP contribution in [-0.4, -0.2) is 17.9 Å². The second-order valence-electron chi connectivity index (χ2n) is 4.86. The molecule has 0 aromatic heterocycles. The van der Waals surface area contributed by atoms with Crippen LogP contribution in [0.2, 0.25) is 0 Å². The number of carbonyl (C=O) groups is 1. The molecule has 19 heavy (non-hydrogen) atoms. The third-order valence-corrected chi connectivity index (χ3v) is 4.17. The zero-order chi connectivity index (χ0) is 14.6. The van der Waals surface area contributed by atoms with Gasteiger partial charge in [0.1, 0.15) is 0 Å². The highest BCUT2D eigenvalue weighted by Crippen LogP contribution is 2.31. The van der Waals surface area contributed by atoms with Crippen molar-refractivity contribution in [1.29, 1.82) is 0 Å². The van der Waals surface area contributed by atoms with Crippen LogP contribution < -0.4 is 10.6 Å². The molecule has 104 valence electrons. The Bertz CT molecular complexity index is 481. The van der Waals surface area contributed by atoms with Gasteiger partial charge < -0.3 is 10.6 Å². The van der Waals surface area contributed by atoms with Crippen LogP contribution in [0.25, 0.3) is 0 Å². The maximum atomic E-state index is 12.7. The number of rotatable bonds is 5. The van der Waals surface area contributed by atoms with E-state index in [0.717, 1.165) is 11.3 Å². The van der Waals surface area contributed by atoms with Crippen molar-refractivity contribution in [2.24, 2.45) is 11.1 Å². The summed E-state index contributed by atoms with van der Waals surface area (Å²) in [5.74, 6) is -0.0319. The quantitative estimate of drug-likeness (QED) is 0.842. The fourth-order valence-corrected chi connectivity index (χ4v) is 2.66. The van der Waals surface area contributed by atoms with E-state index in [1.807, 2.05) is 45.0 Å². The Kier molecular flexibility index (Phi) is 5.06. The molecular weight excluding hydrogens is 256 g/mol. The highest BCUT2D eigenvalue weighted by atomic mass is 32.1. The van der Waals surface area contributed by atoms with Gasteiger partial charge in [-0.2, -0.15) is 0 Å². The van der Waals surface area contributed by atoms with Crippen molar-refractivity contribution in [2.45, 2.75) is 33.6 Å². The van der Waals surface area contributed by atoms with E-state index in [0.29, 0.717) is 12.8 Å². The Labute approximate surface area is 120 Å². The second kappa shape index (κ2) is 6.15. The highest BCUT2D eigenvalue weighted by Gasteiger charge is 2.40. The molecule has 3 nitrogen and oxygen atoms in total. The van der Waals surface area contributed by atoms with Gasteiger partial charge >= 0.3 is 0 Å². The number of nitrogens with zero attached hydrogens (tertiary/aromatic N) is 1. The summed E-state index contributed by atoms with van der Waals surface area (Å²) in [7, 11) is 1.77. The van der Waals surface area contributed by atoms with E-state index >= 15 is 0 Å². The van der Waals surface area contributed by atoms with Gasteiger partial charge in [0.2, 0.25) is 5.91 Å². The molecule has 0 radical (unpaired) electrons. The molecule has 0 bridgehead atoms. The van der Waals surface area contributed by atoms with Crippen LogP contribution in [0.3, 0.4) is 0 Å². The topological polar surface area (TPSA) is 46.3 Å². The van der Waals surface area contributed by atoms with Crippen molar-refractivity contribution >= 4 is 28.8 Å². The second-order valence-corrected chi connectivity index (χ2v) is 5.30. The lowest BCUT2D eigenvalue weighted by Crippen LogP contribution is -2.49. The lowest BCUT2D eigenvalue weighted by molar-refractivity contribution is -0.124. The molecule has 0 spiro atoms. The summed E-state index contributed by atoms with van der Waals surface area (Å²) in [6, 6.07) is 7.84. The minimum absolute atomic E-state index is 0.0319. The first-order valence-electron chi connectivity index (χ1n) is 6.53. The van der Waals surface area contributed by atoms with Gasteiger partial charge in [-0.3, -0.25) is 4.79 Å². The summed E-state index contributed by atoms with van der Waals surface area (Å²) in [4.78, 5) is 14.7. The number of benzene rings is 1. The number of hydrogen-bond donors (Lipinski definition) is 1. The SMILES string of the molecule is CCC(CC)(C(=O)N(C)c1cccc(C)c1)C(N)=S. The van der Waals surface area contributed by atoms with E-state index in [4.69, 9.17) is 18.0 Å². The van der Waals surface area contributed by atoms with Crippen LogP contribution in [0, 0.1) is 12.3 Å². The number of thiocarbonyl (C=S) groups is 1. The number of anilines is 1. The third kappa shape index (κ3) is 2.95. The Hall–Kier alpha value is -1.42. The Morgan fingerprint density at radius 1 is 1.37 bits per heavy atom. The molecule has 0 atom stereocenters. The van der Waals surface area contributed by atoms with Crippen LogP contribution in [0.15, 0.2) is 24.3 Å². The monoisotopic (exact) mass is 278 g/mol. The van der Waals surface area contributed by atoms with Crippen LogP contribution in [0.1, 0.15) is 32.3 Å². The van der Waals surface area contributed by atoms with Crippen LogP contribution in [0.4, 0.5) is 5.69 Å². The van der Waals surface area contributed by atoms with E-state index < -0.39 is 5.41 Å². The fraction of sp³-hybridized carbons (Fsp3) is 0.467. The summed E-state index contributed by atoms with van der Waals surface area (Å²) in [5, 5.41) is 0. The van der Waals surface area contributed by atoms with E-state index in [1.165, 1.54) is 0 Å². The zero-order valence-electron chi connectivity index (χ0n) is 12.1. The first-order valence-corrected chi connectivity index (χ1v) is 6.94. The molecule has 1 amide bonds. The van der Waals surface area contributed by atoms with Crippen LogP contribution in [0.5, 0.6) is 0 Å². The molecule has 0 saturated carbocycles. The number of amides is 1. The first-order chi connectivity index (χ1) is 8.89. The highest BCUT2D eigenvalue weighted by molar-refractivity contribution is 7.80. The Morgan fingerprint density at radius 2 is 1.95 bits per heavy atom. The summed E-state index contributed by atoms with van der Waals surface area (Å²) in [6.07, 6.45) is 1.24. The average Bonchev–Trinajstić information content (AvgIpc) is 2.39. The molecular formula is C15H22N2OS. The van der Waals surface area contributed by atoms with Crippen molar-refractivity contribution in [2.75, 3.05) is 11.9 Å². The van der Waals surface area contributed by atoms with Crippen molar-refractivity contribution in [3.63, 3.8) is 0 Å². The maximum Gasteiger partial charge on any atom is 0.239 e. The number of hydrogen-bond acceptors (Lipinski definition) is 2. The molecule has 0 heterocycles. The average molecular weight is 278 g/mol. The van der Waals surface area contributed by atoms with Gasteiger partial charge in [0.15, 0.2) is 0 Å². The van der Waals surface area contributed by atoms with Crippen molar-refractivity contribution in [1.82, 2.24) is 0 Å². The molecule has 0 aliphatic rings. The van der Waals surface area contributed by atoms with Gasteiger partial charge in [-0.1, -0.05) is 38.2 Å². The van der Waals surface area contributed by atoms with Gasteiger partial charge in [0, 0.05) is 12.7 Å². The maximum absolute atomic E-state index is 12.7. The number of carbonyl (C=O) groups excluding carboxylic acids is 1. The molecule has 1 rings (SSSR count). The fourth-order valence-electron chi connectivity index (χ4n) is 2.28. The largest absolute Gasteiger partial charge is 0.392 e. The van der Waals surface area contributed by atoms with E-state index in [9.17, 15) is 4.79 Å². The molecule has 0 aliphatic carbocycles. The van der Waals surface area contributed by atoms with Crippen LogP contribution in [-0.2, 0) is 4.79 Å². The molecule has 0 unspecified atom stereocenters. The summed E-state index contributed by atoms with van der Waals surface area (Å²) in [5.41, 5.74) is 7.07. The normalized spacial score (nSPS) is 11.2. The van der Waals surface area contributed by atoms with Crippen molar-refractivity contribution < 1.29 is 4.79 Å². The minimum Gasteiger partial charge on any atom is -0.392 e. The summed E-state index contributed by atoms with van der Waals surface area (Å²) >= 11 is 5.13. The summed E-state index contributed by atoms with van der Waals surface area (Å²) in [6.45, 7) is 5.90. The molecule has 0 aliphatic heterocycles. The summed E-state index contributed by atoms with van der Waals surface area (Å²) < 4.78 is 0. The molecule has 0 saturated heterocycles. The predicted molar refractivity (Wildman–Crippen MR) is 84.4 cm³/mol. The first kappa shape index (κ1) is 15.6.